The molecule has 0 bridgehead atoms. The molecule has 0 aromatic heterocycles. The van der Waals surface area contributed by atoms with Crippen LogP contribution in [0.3, 0.4) is 0 Å². The van der Waals surface area contributed by atoms with Crippen molar-refractivity contribution in [1.82, 2.24) is 10.2 Å². The minimum Gasteiger partial charge on any atom is -0.355 e. The number of hydrogen-bond acceptors (Lipinski definition) is 3. The van der Waals surface area contributed by atoms with Gasteiger partial charge in [-0.25, -0.2) is 4.39 Å². The molecule has 4 nitrogen and oxygen atoms in total. The van der Waals surface area contributed by atoms with E-state index in [1.165, 1.54) is 6.07 Å². The average molecular weight is 275 g/mol. The number of benzene rings is 1. The minimum atomic E-state index is -0.293. The molecule has 0 unspecified atom stereocenters. The zero-order chi connectivity index (χ0) is 14.4. The Hall–Kier alpha value is -1.90. The molecule has 1 fully saturated rings. The molecule has 0 radical (unpaired) electrons. The lowest BCUT2D eigenvalue weighted by atomic mass is 10.1. The first-order chi connectivity index (χ1) is 9.69. The van der Waals surface area contributed by atoms with Crippen LogP contribution in [0.1, 0.15) is 17.5 Å². The molecule has 1 amide bonds. The normalized spacial score (nSPS) is 16.0. The molecule has 0 aliphatic carbocycles. The summed E-state index contributed by atoms with van der Waals surface area (Å²) < 4.78 is 14.0. The van der Waals surface area contributed by atoms with Crippen molar-refractivity contribution in [1.29, 1.82) is 0 Å². The predicted molar refractivity (Wildman–Crippen MR) is 75.2 cm³/mol. The van der Waals surface area contributed by atoms with Crippen LogP contribution in [-0.4, -0.2) is 37.0 Å². The summed E-state index contributed by atoms with van der Waals surface area (Å²) in [5.41, 5.74) is 6.48. The predicted octanol–water partition coefficient (Wildman–Crippen LogP) is 0.458. The van der Waals surface area contributed by atoms with E-state index in [0.29, 0.717) is 30.8 Å². The van der Waals surface area contributed by atoms with Gasteiger partial charge in [-0.15, -0.1) is 0 Å². The summed E-state index contributed by atoms with van der Waals surface area (Å²) >= 11 is 0. The van der Waals surface area contributed by atoms with Gasteiger partial charge in [-0.05, 0) is 18.6 Å². The standard InChI is InChI=1S/C15H18FN3O/c16-14-9-12(3-1-6-17)4-5-13(14)10-19-8-2-7-18-15(20)11-19/h4-5,9H,2,6-8,10-11,17H2,(H,18,20). The van der Waals surface area contributed by atoms with Gasteiger partial charge in [0.1, 0.15) is 5.82 Å². The van der Waals surface area contributed by atoms with Gasteiger partial charge in [-0.3, -0.25) is 9.69 Å². The van der Waals surface area contributed by atoms with Gasteiger partial charge in [0.05, 0.1) is 13.1 Å². The highest BCUT2D eigenvalue weighted by molar-refractivity contribution is 5.78. The number of halogens is 1. The molecular formula is C15H18FN3O. The van der Waals surface area contributed by atoms with E-state index >= 15 is 0 Å². The Morgan fingerprint density at radius 1 is 1.45 bits per heavy atom. The van der Waals surface area contributed by atoms with Crippen LogP contribution in [0.15, 0.2) is 18.2 Å². The van der Waals surface area contributed by atoms with Crippen LogP contribution in [0.2, 0.25) is 0 Å². The number of amides is 1. The van der Waals surface area contributed by atoms with Gasteiger partial charge in [0, 0.05) is 30.8 Å². The molecule has 0 saturated carbocycles. The average Bonchev–Trinajstić information content (AvgIpc) is 2.63. The lowest BCUT2D eigenvalue weighted by molar-refractivity contribution is -0.121. The first-order valence-corrected chi connectivity index (χ1v) is 6.65. The van der Waals surface area contributed by atoms with Crippen LogP contribution in [0.5, 0.6) is 0 Å². The van der Waals surface area contributed by atoms with E-state index in [1.807, 2.05) is 4.90 Å². The molecule has 1 aromatic carbocycles. The van der Waals surface area contributed by atoms with Crippen LogP contribution >= 0.6 is 0 Å². The van der Waals surface area contributed by atoms with Crippen LogP contribution in [0.25, 0.3) is 0 Å². The van der Waals surface area contributed by atoms with Crippen molar-refractivity contribution in [2.45, 2.75) is 13.0 Å². The molecule has 0 spiro atoms. The second-order valence-corrected chi connectivity index (χ2v) is 4.73. The van der Waals surface area contributed by atoms with Gasteiger partial charge < -0.3 is 11.1 Å². The number of nitrogens with two attached hydrogens (primary N) is 1. The largest absolute Gasteiger partial charge is 0.355 e. The summed E-state index contributed by atoms with van der Waals surface area (Å²) in [5, 5.41) is 2.80. The van der Waals surface area contributed by atoms with E-state index in [0.717, 1.165) is 13.0 Å². The summed E-state index contributed by atoms with van der Waals surface area (Å²) in [4.78, 5) is 13.4. The highest BCUT2D eigenvalue weighted by Gasteiger charge is 2.16. The quantitative estimate of drug-likeness (QED) is 0.771. The maximum atomic E-state index is 14.0. The van der Waals surface area contributed by atoms with Crippen LogP contribution in [-0.2, 0) is 11.3 Å². The van der Waals surface area contributed by atoms with Gasteiger partial charge in [-0.1, -0.05) is 17.9 Å². The van der Waals surface area contributed by atoms with E-state index < -0.39 is 0 Å². The van der Waals surface area contributed by atoms with Gasteiger partial charge in [0.15, 0.2) is 0 Å². The third-order valence-electron chi connectivity index (χ3n) is 3.12. The third-order valence-corrected chi connectivity index (χ3v) is 3.12. The number of nitrogens with one attached hydrogen (secondary N) is 1. The molecule has 1 heterocycles. The zero-order valence-electron chi connectivity index (χ0n) is 11.3. The molecule has 20 heavy (non-hydrogen) atoms. The molecule has 1 saturated heterocycles. The molecule has 5 heteroatoms. The van der Waals surface area contributed by atoms with Crippen LogP contribution in [0, 0.1) is 17.7 Å². The summed E-state index contributed by atoms with van der Waals surface area (Å²) in [5.74, 6) is 5.20. The summed E-state index contributed by atoms with van der Waals surface area (Å²) in [6.07, 6.45) is 0.882. The van der Waals surface area contributed by atoms with E-state index in [9.17, 15) is 9.18 Å². The molecule has 1 aromatic rings. The summed E-state index contributed by atoms with van der Waals surface area (Å²) in [7, 11) is 0. The van der Waals surface area contributed by atoms with Crippen molar-refractivity contribution in [2.24, 2.45) is 5.73 Å². The Morgan fingerprint density at radius 3 is 3.05 bits per heavy atom. The molecule has 106 valence electrons. The summed E-state index contributed by atoms with van der Waals surface area (Å²) in [6, 6.07) is 4.91. The minimum absolute atomic E-state index is 0.00617. The first kappa shape index (κ1) is 14.5. The summed E-state index contributed by atoms with van der Waals surface area (Å²) in [6.45, 7) is 2.47. The number of hydrogen-bond donors (Lipinski definition) is 2. The van der Waals surface area contributed by atoms with Crippen molar-refractivity contribution in [2.75, 3.05) is 26.2 Å². The smallest absolute Gasteiger partial charge is 0.234 e. The molecule has 1 aliphatic heterocycles. The first-order valence-electron chi connectivity index (χ1n) is 6.65. The van der Waals surface area contributed by atoms with E-state index in [4.69, 9.17) is 5.73 Å². The Balaban J connectivity index is 2.07. The van der Waals surface area contributed by atoms with E-state index in [1.54, 1.807) is 12.1 Å². The topological polar surface area (TPSA) is 58.4 Å². The van der Waals surface area contributed by atoms with Crippen molar-refractivity contribution in [3.8, 4) is 11.8 Å². The highest BCUT2D eigenvalue weighted by Crippen LogP contribution is 2.13. The van der Waals surface area contributed by atoms with Crippen LogP contribution < -0.4 is 11.1 Å². The number of nitrogens with zero attached hydrogens (tertiary/aromatic N) is 1. The number of carbonyl (C=O) groups excluding carboxylic acids is 1. The van der Waals surface area contributed by atoms with Gasteiger partial charge in [0.25, 0.3) is 0 Å². The lowest BCUT2D eigenvalue weighted by Gasteiger charge is -2.18. The van der Waals surface area contributed by atoms with Crippen molar-refractivity contribution in [3.63, 3.8) is 0 Å². The molecule has 0 atom stereocenters. The van der Waals surface area contributed by atoms with Crippen molar-refractivity contribution >= 4 is 5.91 Å². The second-order valence-electron chi connectivity index (χ2n) is 4.73. The fourth-order valence-corrected chi connectivity index (χ4v) is 2.15. The monoisotopic (exact) mass is 275 g/mol. The van der Waals surface area contributed by atoms with E-state index in [2.05, 4.69) is 17.2 Å². The highest BCUT2D eigenvalue weighted by atomic mass is 19.1. The molecule has 2 rings (SSSR count). The zero-order valence-corrected chi connectivity index (χ0v) is 11.3. The fourth-order valence-electron chi connectivity index (χ4n) is 2.15. The van der Waals surface area contributed by atoms with Gasteiger partial charge in [-0.2, -0.15) is 0 Å². The maximum absolute atomic E-state index is 14.0. The fraction of sp³-hybridized carbons (Fsp3) is 0.400. The van der Waals surface area contributed by atoms with Gasteiger partial charge >= 0.3 is 0 Å². The molecule has 1 aliphatic rings. The van der Waals surface area contributed by atoms with Crippen molar-refractivity contribution < 1.29 is 9.18 Å². The Morgan fingerprint density at radius 2 is 2.30 bits per heavy atom. The maximum Gasteiger partial charge on any atom is 0.234 e. The molecular weight excluding hydrogens is 257 g/mol. The Bertz CT molecular complexity index is 548. The Kier molecular flexibility index (Phi) is 5.10. The SMILES string of the molecule is NCC#Cc1ccc(CN2CCCNC(=O)C2)c(F)c1. The molecule has 3 N–H and O–H groups in total. The lowest BCUT2D eigenvalue weighted by Crippen LogP contribution is -2.32. The van der Waals surface area contributed by atoms with Crippen LogP contribution in [0.4, 0.5) is 4.39 Å². The van der Waals surface area contributed by atoms with Crippen molar-refractivity contribution in [3.05, 3.63) is 35.1 Å². The number of carbonyl (C=O) groups is 1. The Labute approximate surface area is 118 Å². The second kappa shape index (κ2) is 7.04. The van der Waals surface area contributed by atoms with Gasteiger partial charge in [0.2, 0.25) is 5.91 Å². The van der Waals surface area contributed by atoms with E-state index in [-0.39, 0.29) is 18.3 Å². The third kappa shape index (κ3) is 4.05. The number of rotatable bonds is 2.